The highest BCUT2D eigenvalue weighted by Gasteiger charge is 2.30. The van der Waals surface area contributed by atoms with Crippen LogP contribution < -0.4 is 0 Å². The van der Waals surface area contributed by atoms with Crippen molar-refractivity contribution in [3.63, 3.8) is 0 Å². The molecule has 90 heavy (non-hydrogen) atoms. The monoisotopic (exact) mass is 1320 g/mol. The molecule has 5 atom stereocenters. The minimum Gasteiger partial charge on any atom is -0.462 e. The molecule has 0 spiro atoms. The zero-order chi connectivity index (χ0) is 66.8. The van der Waals surface area contributed by atoms with Gasteiger partial charge in [0.05, 0.1) is 26.4 Å². The molecular formula is C71H138O17P2. The van der Waals surface area contributed by atoms with Crippen molar-refractivity contribution in [1.29, 1.82) is 0 Å². The van der Waals surface area contributed by atoms with Gasteiger partial charge in [-0.1, -0.05) is 299 Å². The molecule has 534 valence electrons. The first-order valence-corrected chi connectivity index (χ1v) is 39.7. The second kappa shape index (κ2) is 60.7. The number of aliphatic hydroxyl groups excluding tert-OH is 1. The lowest BCUT2D eigenvalue weighted by atomic mass is 10.0. The molecule has 0 bridgehead atoms. The Labute approximate surface area is 549 Å². The summed E-state index contributed by atoms with van der Waals surface area (Å²) in [5.41, 5.74) is 0. The number of aliphatic hydroxyl groups is 1. The second-order valence-corrected chi connectivity index (χ2v) is 30.4. The Morgan fingerprint density at radius 1 is 0.278 bits per heavy atom. The third kappa shape index (κ3) is 64.8. The van der Waals surface area contributed by atoms with E-state index in [1.807, 2.05) is 0 Å². The SMILES string of the molecule is CC(C)CCCCCCCCCCCCCCCC(=O)OC[C@H](COP(=O)(O)OC[C@@H](O)COP(=O)(O)OC[C@@H](COC(=O)CCCCCCCCC(C)C)OC(=O)CCCCCCCCCCCCCCC(C)C)OC(=O)CCCCCCCCCC(C)C. The smallest absolute Gasteiger partial charge is 0.462 e. The first-order valence-electron chi connectivity index (χ1n) is 36.7. The number of rotatable bonds is 68. The van der Waals surface area contributed by atoms with Crippen molar-refractivity contribution in [3.05, 3.63) is 0 Å². The molecule has 19 heteroatoms. The summed E-state index contributed by atoms with van der Waals surface area (Å²) < 4.78 is 68.3. The molecule has 0 saturated carbocycles. The molecule has 0 heterocycles. The van der Waals surface area contributed by atoms with E-state index in [1.165, 1.54) is 148 Å². The van der Waals surface area contributed by atoms with Crippen LogP contribution in [-0.4, -0.2) is 96.7 Å². The normalized spacial score (nSPS) is 14.3. The molecule has 0 amide bonds. The molecule has 17 nitrogen and oxygen atoms in total. The van der Waals surface area contributed by atoms with Crippen LogP contribution in [0.4, 0.5) is 0 Å². The molecule has 3 N–H and O–H groups in total. The summed E-state index contributed by atoms with van der Waals surface area (Å²) in [6.45, 7) is 14.0. The van der Waals surface area contributed by atoms with Crippen LogP contribution in [0.15, 0.2) is 0 Å². The minimum atomic E-state index is -4.95. The number of hydrogen-bond acceptors (Lipinski definition) is 15. The van der Waals surface area contributed by atoms with Crippen molar-refractivity contribution in [2.24, 2.45) is 23.7 Å². The van der Waals surface area contributed by atoms with Gasteiger partial charge in [-0.05, 0) is 49.4 Å². The van der Waals surface area contributed by atoms with Gasteiger partial charge in [-0.2, -0.15) is 0 Å². The van der Waals surface area contributed by atoms with Crippen molar-refractivity contribution in [1.82, 2.24) is 0 Å². The fraction of sp³-hybridized carbons (Fsp3) is 0.944. The molecule has 0 aliphatic heterocycles. The van der Waals surface area contributed by atoms with E-state index in [2.05, 4.69) is 55.4 Å². The number of phosphoric acid groups is 2. The number of hydrogen-bond donors (Lipinski definition) is 3. The van der Waals surface area contributed by atoms with E-state index in [9.17, 15) is 43.2 Å². The third-order valence-corrected chi connectivity index (χ3v) is 18.2. The van der Waals surface area contributed by atoms with Gasteiger partial charge >= 0.3 is 39.5 Å². The maximum absolute atomic E-state index is 13.0. The van der Waals surface area contributed by atoms with Crippen molar-refractivity contribution >= 4 is 39.5 Å². The zero-order valence-corrected chi connectivity index (χ0v) is 60.6. The van der Waals surface area contributed by atoms with Gasteiger partial charge in [-0.25, -0.2) is 9.13 Å². The van der Waals surface area contributed by atoms with Crippen molar-refractivity contribution in [2.75, 3.05) is 39.6 Å². The van der Waals surface area contributed by atoms with Gasteiger partial charge in [0.1, 0.15) is 19.3 Å². The predicted octanol–water partition coefficient (Wildman–Crippen LogP) is 20.1. The average molecular weight is 1330 g/mol. The van der Waals surface area contributed by atoms with E-state index in [0.29, 0.717) is 37.5 Å². The molecule has 0 aliphatic rings. The number of carbonyl (C=O) groups is 4. The van der Waals surface area contributed by atoms with Crippen LogP contribution >= 0.6 is 15.6 Å². The molecule has 0 saturated heterocycles. The van der Waals surface area contributed by atoms with Crippen molar-refractivity contribution in [2.45, 2.75) is 369 Å². The fourth-order valence-electron chi connectivity index (χ4n) is 10.7. The van der Waals surface area contributed by atoms with E-state index in [0.717, 1.165) is 108 Å². The molecule has 0 aromatic rings. The highest BCUT2D eigenvalue weighted by Crippen LogP contribution is 2.45. The van der Waals surface area contributed by atoms with Crippen LogP contribution in [0, 0.1) is 23.7 Å². The standard InChI is InChI=1S/C71H138O17P2/c1-61(2)47-39-31-23-18-14-10-9-11-16-20-26-35-43-51-68(73)81-57-66(88-71(76)54-46-38-28-22-25-33-41-49-63(5)6)59-85-89(77,78)83-55-65(72)56-84-90(79,80)86-60-67(58-82-69(74)52-44-36-30-29-34-42-50-64(7)8)87-70(75)53-45-37-27-21-17-13-12-15-19-24-32-40-48-62(3)4/h61-67,72H,9-60H2,1-8H3,(H,77,78)(H,79,80)/t65-,66-,67-/m1/s1. The highest BCUT2D eigenvalue weighted by atomic mass is 31.2. The van der Waals surface area contributed by atoms with Crippen molar-refractivity contribution < 1.29 is 80.2 Å². The Bertz CT molecular complexity index is 1780. The van der Waals surface area contributed by atoms with Gasteiger partial charge in [-0.15, -0.1) is 0 Å². The van der Waals surface area contributed by atoms with Gasteiger partial charge in [0, 0.05) is 25.7 Å². The number of ether oxygens (including phenoxy) is 4. The summed E-state index contributed by atoms with van der Waals surface area (Å²) >= 11 is 0. The van der Waals surface area contributed by atoms with Crippen LogP contribution in [0.3, 0.4) is 0 Å². The maximum Gasteiger partial charge on any atom is 0.472 e. The van der Waals surface area contributed by atoms with Crippen LogP contribution in [0.2, 0.25) is 0 Å². The quantitative estimate of drug-likeness (QED) is 0.0222. The van der Waals surface area contributed by atoms with E-state index < -0.39 is 97.5 Å². The molecule has 0 radical (unpaired) electrons. The lowest BCUT2D eigenvalue weighted by molar-refractivity contribution is -0.161. The molecule has 2 unspecified atom stereocenters. The Hall–Kier alpha value is -1.94. The average Bonchev–Trinajstić information content (AvgIpc) is 2.35. The van der Waals surface area contributed by atoms with Crippen LogP contribution in [0.1, 0.15) is 351 Å². The van der Waals surface area contributed by atoms with Gasteiger partial charge < -0.3 is 33.8 Å². The van der Waals surface area contributed by atoms with Crippen LogP contribution in [-0.2, 0) is 65.4 Å². The second-order valence-electron chi connectivity index (χ2n) is 27.5. The molecule has 0 aliphatic carbocycles. The first kappa shape index (κ1) is 88.1. The lowest BCUT2D eigenvalue weighted by Crippen LogP contribution is -2.30. The van der Waals surface area contributed by atoms with Crippen LogP contribution in [0.25, 0.3) is 0 Å². The molecule has 0 rings (SSSR count). The van der Waals surface area contributed by atoms with E-state index in [1.54, 1.807) is 0 Å². The summed E-state index contributed by atoms with van der Waals surface area (Å²) in [5, 5.41) is 10.6. The molecule has 0 aromatic heterocycles. The lowest BCUT2D eigenvalue weighted by Gasteiger charge is -2.21. The Morgan fingerprint density at radius 3 is 0.689 bits per heavy atom. The Morgan fingerprint density at radius 2 is 0.467 bits per heavy atom. The zero-order valence-electron chi connectivity index (χ0n) is 58.8. The highest BCUT2D eigenvalue weighted by molar-refractivity contribution is 7.47. The Balaban J connectivity index is 5.20. The minimum absolute atomic E-state index is 0.103. The number of carbonyl (C=O) groups excluding carboxylic acids is 4. The summed E-state index contributed by atoms with van der Waals surface area (Å²) in [6.07, 6.45) is 43.3. The van der Waals surface area contributed by atoms with E-state index in [-0.39, 0.29) is 25.7 Å². The van der Waals surface area contributed by atoms with Crippen molar-refractivity contribution in [3.8, 4) is 0 Å². The Kier molecular flexibility index (Phi) is 59.4. The predicted molar refractivity (Wildman–Crippen MR) is 363 cm³/mol. The molecular weight excluding hydrogens is 1190 g/mol. The van der Waals surface area contributed by atoms with E-state index >= 15 is 0 Å². The summed E-state index contributed by atoms with van der Waals surface area (Å²) in [6, 6.07) is 0. The maximum atomic E-state index is 13.0. The topological polar surface area (TPSA) is 237 Å². The van der Waals surface area contributed by atoms with Gasteiger partial charge in [0.2, 0.25) is 0 Å². The van der Waals surface area contributed by atoms with E-state index in [4.69, 9.17) is 37.0 Å². The number of unbranched alkanes of at least 4 members (excludes halogenated alkanes) is 34. The van der Waals surface area contributed by atoms with Crippen LogP contribution in [0.5, 0.6) is 0 Å². The summed E-state index contributed by atoms with van der Waals surface area (Å²) in [4.78, 5) is 72.5. The fourth-order valence-corrected chi connectivity index (χ4v) is 12.2. The van der Waals surface area contributed by atoms with Gasteiger partial charge in [0.25, 0.3) is 0 Å². The molecule has 0 fully saturated rings. The van der Waals surface area contributed by atoms with Gasteiger partial charge in [0.15, 0.2) is 12.2 Å². The third-order valence-electron chi connectivity index (χ3n) is 16.3. The number of phosphoric ester groups is 2. The summed E-state index contributed by atoms with van der Waals surface area (Å²) in [7, 11) is -9.90. The van der Waals surface area contributed by atoms with Gasteiger partial charge in [-0.3, -0.25) is 37.3 Å². The largest absolute Gasteiger partial charge is 0.472 e. The first-order chi connectivity index (χ1) is 43.1. The summed E-state index contributed by atoms with van der Waals surface area (Å²) in [5.74, 6) is 0.812. The molecule has 0 aromatic carbocycles. The number of esters is 4.